The van der Waals surface area contributed by atoms with Crippen molar-refractivity contribution >= 4 is 18.3 Å². The van der Waals surface area contributed by atoms with Crippen LogP contribution in [0.3, 0.4) is 0 Å². The molecule has 2 aromatic rings. The first-order valence-corrected chi connectivity index (χ1v) is 6.74. The summed E-state index contributed by atoms with van der Waals surface area (Å²) in [5.74, 6) is 0.916. The van der Waals surface area contributed by atoms with Crippen LogP contribution in [0.2, 0.25) is 0 Å². The van der Waals surface area contributed by atoms with Crippen molar-refractivity contribution in [1.29, 1.82) is 0 Å². The van der Waals surface area contributed by atoms with Gasteiger partial charge in [0.2, 0.25) is 0 Å². The second-order valence-corrected chi connectivity index (χ2v) is 5.49. The molecule has 3 rings (SSSR count). The Bertz CT molecular complexity index is 606. The average Bonchev–Trinajstić information content (AvgIpc) is 2.97. The van der Waals surface area contributed by atoms with E-state index in [1.54, 1.807) is 18.4 Å². The van der Waals surface area contributed by atoms with Gasteiger partial charge < -0.3 is 15.5 Å². The van der Waals surface area contributed by atoms with Crippen LogP contribution < -0.4 is 11.1 Å². The van der Waals surface area contributed by atoms with Crippen LogP contribution >= 0.6 is 12.4 Å². The predicted octanol–water partition coefficient (Wildman–Crippen LogP) is 1.95. The number of aromatic amines is 1. The van der Waals surface area contributed by atoms with Crippen LogP contribution in [0.5, 0.6) is 0 Å². The maximum Gasteiger partial charge on any atom is 0.272 e. The fourth-order valence-corrected chi connectivity index (χ4v) is 2.36. The number of carbonyl (C=O) groups excluding carboxylic acids is 1. The van der Waals surface area contributed by atoms with Gasteiger partial charge in [0.15, 0.2) is 11.5 Å². The number of hydrogen-bond donors (Lipinski definition) is 3. The molecule has 6 nitrogen and oxygen atoms in total. The highest BCUT2D eigenvalue weighted by molar-refractivity contribution is 5.93. The van der Waals surface area contributed by atoms with Crippen molar-refractivity contribution in [3.05, 3.63) is 30.2 Å². The van der Waals surface area contributed by atoms with Gasteiger partial charge in [-0.1, -0.05) is 0 Å². The molecule has 0 aromatic carbocycles. The SMILES string of the molecule is CC(CN)(NC(=O)c1cc(-c2ccco2)[nH]n1)C1CC1.Cl. The molecular formula is C14H19ClN4O2. The summed E-state index contributed by atoms with van der Waals surface area (Å²) >= 11 is 0. The molecule has 114 valence electrons. The first-order chi connectivity index (χ1) is 9.62. The lowest BCUT2D eigenvalue weighted by atomic mass is 9.96. The summed E-state index contributed by atoms with van der Waals surface area (Å²) < 4.78 is 5.26. The lowest BCUT2D eigenvalue weighted by Crippen LogP contribution is -2.53. The zero-order valence-corrected chi connectivity index (χ0v) is 12.6. The summed E-state index contributed by atoms with van der Waals surface area (Å²) in [5.41, 5.74) is 6.48. The highest BCUT2D eigenvalue weighted by Crippen LogP contribution is 2.39. The van der Waals surface area contributed by atoms with Gasteiger partial charge in [-0.15, -0.1) is 12.4 Å². The number of furan rings is 1. The Hall–Kier alpha value is -1.79. The Morgan fingerprint density at radius 1 is 1.62 bits per heavy atom. The minimum atomic E-state index is -0.346. The topological polar surface area (TPSA) is 96.9 Å². The molecule has 21 heavy (non-hydrogen) atoms. The van der Waals surface area contributed by atoms with Gasteiger partial charge in [0.25, 0.3) is 5.91 Å². The number of nitrogens with two attached hydrogens (primary N) is 1. The number of aromatic nitrogens is 2. The Morgan fingerprint density at radius 2 is 2.38 bits per heavy atom. The third-order valence-electron chi connectivity index (χ3n) is 3.90. The fraction of sp³-hybridized carbons (Fsp3) is 0.429. The zero-order chi connectivity index (χ0) is 14.2. The lowest BCUT2D eigenvalue weighted by Gasteiger charge is -2.29. The minimum Gasteiger partial charge on any atom is -0.463 e. The number of carbonyl (C=O) groups is 1. The maximum atomic E-state index is 12.3. The molecular weight excluding hydrogens is 292 g/mol. The van der Waals surface area contributed by atoms with Gasteiger partial charge in [-0.2, -0.15) is 5.10 Å². The van der Waals surface area contributed by atoms with Crippen LogP contribution in [0.1, 0.15) is 30.3 Å². The quantitative estimate of drug-likeness (QED) is 0.786. The number of nitrogens with zero attached hydrogens (tertiary/aromatic N) is 1. The summed E-state index contributed by atoms with van der Waals surface area (Å²) in [4.78, 5) is 12.3. The van der Waals surface area contributed by atoms with Crippen LogP contribution in [0, 0.1) is 5.92 Å². The van der Waals surface area contributed by atoms with Crippen molar-refractivity contribution in [2.24, 2.45) is 11.7 Å². The highest BCUT2D eigenvalue weighted by atomic mass is 35.5. The predicted molar refractivity (Wildman–Crippen MR) is 81.2 cm³/mol. The van der Waals surface area contributed by atoms with Gasteiger partial charge >= 0.3 is 0 Å². The zero-order valence-electron chi connectivity index (χ0n) is 11.8. The second-order valence-electron chi connectivity index (χ2n) is 5.49. The van der Waals surface area contributed by atoms with Crippen LogP contribution in [0.15, 0.2) is 28.9 Å². The Labute approximate surface area is 128 Å². The highest BCUT2D eigenvalue weighted by Gasteiger charge is 2.41. The molecule has 0 bridgehead atoms. The molecule has 1 atom stereocenters. The van der Waals surface area contributed by atoms with E-state index in [9.17, 15) is 4.79 Å². The van der Waals surface area contributed by atoms with Crippen molar-refractivity contribution in [1.82, 2.24) is 15.5 Å². The molecule has 2 aromatic heterocycles. The molecule has 1 aliphatic rings. The molecule has 0 spiro atoms. The molecule has 1 saturated carbocycles. The van der Waals surface area contributed by atoms with Gasteiger partial charge in [-0.05, 0) is 37.8 Å². The van der Waals surface area contributed by atoms with E-state index in [0.717, 1.165) is 12.8 Å². The number of nitrogens with one attached hydrogen (secondary N) is 2. The summed E-state index contributed by atoms with van der Waals surface area (Å²) in [7, 11) is 0. The third kappa shape index (κ3) is 3.11. The number of amides is 1. The van der Waals surface area contributed by atoms with Gasteiger partial charge in [-0.3, -0.25) is 9.89 Å². The van der Waals surface area contributed by atoms with Crippen LogP contribution in [-0.4, -0.2) is 28.2 Å². The summed E-state index contributed by atoms with van der Waals surface area (Å²) in [5, 5.41) is 9.84. The molecule has 1 aliphatic carbocycles. The molecule has 2 heterocycles. The van der Waals surface area contributed by atoms with E-state index in [2.05, 4.69) is 15.5 Å². The normalized spacial score (nSPS) is 16.9. The molecule has 0 radical (unpaired) electrons. The van der Waals surface area contributed by atoms with E-state index in [-0.39, 0.29) is 23.9 Å². The molecule has 1 fully saturated rings. The smallest absolute Gasteiger partial charge is 0.272 e. The Kier molecular flexibility index (Phi) is 4.39. The molecule has 1 unspecified atom stereocenters. The largest absolute Gasteiger partial charge is 0.463 e. The van der Waals surface area contributed by atoms with Crippen molar-refractivity contribution in [2.45, 2.75) is 25.3 Å². The molecule has 1 amide bonds. The molecule has 0 aliphatic heterocycles. The fourth-order valence-electron chi connectivity index (χ4n) is 2.36. The van der Waals surface area contributed by atoms with Crippen molar-refractivity contribution in [2.75, 3.05) is 6.54 Å². The van der Waals surface area contributed by atoms with E-state index in [4.69, 9.17) is 10.2 Å². The molecule has 7 heteroatoms. The summed E-state index contributed by atoms with van der Waals surface area (Å²) in [6.45, 7) is 2.42. The number of hydrogen-bond acceptors (Lipinski definition) is 4. The van der Waals surface area contributed by atoms with Crippen LogP contribution in [0.4, 0.5) is 0 Å². The monoisotopic (exact) mass is 310 g/mol. The van der Waals surface area contributed by atoms with Crippen molar-refractivity contribution in [3.8, 4) is 11.5 Å². The molecule has 4 N–H and O–H groups in total. The number of rotatable bonds is 5. The second kappa shape index (κ2) is 5.91. The van der Waals surface area contributed by atoms with E-state index in [1.165, 1.54) is 0 Å². The van der Waals surface area contributed by atoms with Gasteiger partial charge in [0.1, 0.15) is 5.69 Å². The first kappa shape index (κ1) is 15.6. The number of H-pyrrole nitrogens is 1. The Morgan fingerprint density at radius 3 is 2.95 bits per heavy atom. The number of halogens is 1. The molecule has 0 saturated heterocycles. The first-order valence-electron chi connectivity index (χ1n) is 6.74. The van der Waals surface area contributed by atoms with Gasteiger partial charge in [0.05, 0.1) is 11.8 Å². The van der Waals surface area contributed by atoms with Crippen molar-refractivity contribution < 1.29 is 9.21 Å². The third-order valence-corrected chi connectivity index (χ3v) is 3.90. The van der Waals surface area contributed by atoms with Crippen molar-refractivity contribution in [3.63, 3.8) is 0 Å². The van der Waals surface area contributed by atoms with E-state index < -0.39 is 0 Å². The summed E-state index contributed by atoms with van der Waals surface area (Å²) in [6, 6.07) is 5.27. The van der Waals surface area contributed by atoms with E-state index >= 15 is 0 Å². The standard InChI is InChI=1S/C14H18N4O2.ClH/c1-14(8-15,9-4-5-9)16-13(19)11-7-10(17-18-11)12-3-2-6-20-12;/h2-3,6-7,9H,4-5,8,15H2,1H3,(H,16,19)(H,17,18);1H. The summed E-state index contributed by atoms with van der Waals surface area (Å²) in [6.07, 6.45) is 3.81. The average molecular weight is 311 g/mol. The van der Waals surface area contributed by atoms with Gasteiger partial charge in [0, 0.05) is 12.6 Å². The Balaban J connectivity index is 0.00000161. The van der Waals surface area contributed by atoms with Crippen LogP contribution in [-0.2, 0) is 0 Å². The van der Waals surface area contributed by atoms with E-state index in [0.29, 0.717) is 29.6 Å². The van der Waals surface area contributed by atoms with E-state index in [1.807, 2.05) is 13.0 Å². The maximum absolute atomic E-state index is 12.3. The minimum absolute atomic E-state index is 0. The van der Waals surface area contributed by atoms with Gasteiger partial charge in [-0.25, -0.2) is 0 Å². The van der Waals surface area contributed by atoms with Crippen LogP contribution in [0.25, 0.3) is 11.5 Å². The lowest BCUT2D eigenvalue weighted by molar-refractivity contribution is 0.0892.